The number of hydrogen-bond acceptors (Lipinski definition) is 4. The second-order valence-electron chi connectivity index (χ2n) is 6.67. The molecule has 116 valence electrons. The molecule has 1 atom stereocenters. The minimum atomic E-state index is 0.0828. The maximum absolute atomic E-state index is 5.97. The maximum Gasteiger partial charge on any atom is 0.128 e. The molecule has 2 N–H and O–H groups in total. The Morgan fingerprint density at radius 3 is 2.62 bits per heavy atom. The quantitative estimate of drug-likeness (QED) is 0.924. The van der Waals surface area contributed by atoms with Crippen molar-refractivity contribution in [2.45, 2.75) is 38.6 Å². The van der Waals surface area contributed by atoms with Crippen LogP contribution >= 0.6 is 0 Å². The van der Waals surface area contributed by atoms with Crippen LogP contribution in [0, 0.1) is 5.92 Å². The van der Waals surface area contributed by atoms with Gasteiger partial charge in [0.25, 0.3) is 0 Å². The first-order chi connectivity index (χ1) is 10.2. The van der Waals surface area contributed by atoms with Crippen molar-refractivity contribution >= 4 is 5.82 Å². The molecule has 0 aromatic carbocycles. The fourth-order valence-electron chi connectivity index (χ4n) is 3.57. The molecule has 0 unspecified atom stereocenters. The largest absolute Gasteiger partial charge is 0.357 e. The first-order valence-electron chi connectivity index (χ1n) is 8.41. The third-order valence-electron chi connectivity index (χ3n) is 4.95. The van der Waals surface area contributed by atoms with Gasteiger partial charge in [-0.2, -0.15) is 0 Å². The monoisotopic (exact) mass is 288 g/mol. The summed E-state index contributed by atoms with van der Waals surface area (Å²) in [6.45, 7) is 8.24. The van der Waals surface area contributed by atoms with Crippen LogP contribution in [0.15, 0.2) is 18.3 Å². The molecule has 1 aromatic rings. The highest BCUT2D eigenvalue weighted by Crippen LogP contribution is 2.25. The Kier molecular flexibility index (Phi) is 4.76. The number of piperidine rings is 1. The number of pyridine rings is 1. The number of likely N-dealkylation sites (tertiary alicyclic amines) is 1. The lowest BCUT2D eigenvalue weighted by atomic mass is 9.96. The zero-order chi connectivity index (χ0) is 14.7. The molecule has 2 aliphatic heterocycles. The highest BCUT2D eigenvalue weighted by Gasteiger charge is 2.23. The normalized spacial score (nSPS) is 22.7. The number of nitrogens with zero attached hydrogens (tertiary/aromatic N) is 3. The molecule has 2 fully saturated rings. The summed E-state index contributed by atoms with van der Waals surface area (Å²) in [5.41, 5.74) is 7.15. The van der Waals surface area contributed by atoms with Crippen LogP contribution in [0.5, 0.6) is 0 Å². The van der Waals surface area contributed by atoms with Crippen molar-refractivity contribution in [1.82, 2.24) is 9.88 Å². The Morgan fingerprint density at radius 1 is 1.24 bits per heavy atom. The number of nitrogens with two attached hydrogens (primary N) is 1. The second-order valence-corrected chi connectivity index (χ2v) is 6.67. The summed E-state index contributed by atoms with van der Waals surface area (Å²) in [5, 5.41) is 0. The maximum atomic E-state index is 5.97. The fourth-order valence-corrected chi connectivity index (χ4v) is 3.57. The molecule has 2 aliphatic rings. The topological polar surface area (TPSA) is 45.4 Å². The van der Waals surface area contributed by atoms with E-state index in [0.717, 1.165) is 24.8 Å². The van der Waals surface area contributed by atoms with Gasteiger partial charge >= 0.3 is 0 Å². The Balaban J connectivity index is 1.54. The van der Waals surface area contributed by atoms with Gasteiger partial charge in [-0.3, -0.25) is 0 Å². The minimum absolute atomic E-state index is 0.0828. The first kappa shape index (κ1) is 14.8. The predicted octanol–water partition coefficient (Wildman–Crippen LogP) is 2.41. The van der Waals surface area contributed by atoms with E-state index in [-0.39, 0.29) is 6.04 Å². The fraction of sp³-hybridized carbons (Fsp3) is 0.706. The molecule has 4 nitrogen and oxygen atoms in total. The van der Waals surface area contributed by atoms with Crippen molar-refractivity contribution in [2.24, 2.45) is 11.7 Å². The Labute approximate surface area is 128 Å². The molecular formula is C17H28N4. The number of anilines is 1. The lowest BCUT2D eigenvalue weighted by Gasteiger charge is -2.34. The summed E-state index contributed by atoms with van der Waals surface area (Å²) in [5.74, 6) is 1.97. The number of aromatic nitrogens is 1. The van der Waals surface area contributed by atoms with E-state index in [1.807, 2.05) is 19.2 Å². The molecule has 4 heteroatoms. The van der Waals surface area contributed by atoms with Crippen LogP contribution in [0.25, 0.3) is 0 Å². The molecule has 3 heterocycles. The summed E-state index contributed by atoms with van der Waals surface area (Å²) >= 11 is 0. The zero-order valence-corrected chi connectivity index (χ0v) is 13.2. The first-order valence-corrected chi connectivity index (χ1v) is 8.41. The zero-order valence-electron chi connectivity index (χ0n) is 13.2. The average Bonchev–Trinajstić information content (AvgIpc) is 3.01. The Hall–Kier alpha value is -1.13. The lowest BCUT2D eigenvalue weighted by molar-refractivity contribution is 0.249. The molecule has 0 bridgehead atoms. The minimum Gasteiger partial charge on any atom is -0.357 e. The molecule has 3 rings (SSSR count). The van der Waals surface area contributed by atoms with E-state index in [9.17, 15) is 0 Å². The van der Waals surface area contributed by atoms with Crippen LogP contribution in [-0.2, 0) is 0 Å². The molecule has 0 aliphatic carbocycles. The highest BCUT2D eigenvalue weighted by atomic mass is 15.2. The van der Waals surface area contributed by atoms with E-state index < -0.39 is 0 Å². The van der Waals surface area contributed by atoms with Crippen molar-refractivity contribution in [3.8, 4) is 0 Å². The van der Waals surface area contributed by atoms with Crippen LogP contribution < -0.4 is 10.6 Å². The molecule has 0 amide bonds. The lowest BCUT2D eigenvalue weighted by Crippen LogP contribution is -2.38. The number of hydrogen-bond donors (Lipinski definition) is 1. The standard InChI is InChI=1S/C17H28N4/c1-14(18)16-4-7-19-17(12-16)21-10-5-15(6-11-21)13-20-8-2-3-9-20/h4,7,12,14-15H,2-3,5-6,8-11,13,18H2,1H3/t14-/m1/s1. The van der Waals surface area contributed by atoms with Gasteiger partial charge in [-0.05, 0) is 69.3 Å². The van der Waals surface area contributed by atoms with Gasteiger partial charge in [0.1, 0.15) is 5.82 Å². The Morgan fingerprint density at radius 2 is 1.95 bits per heavy atom. The molecular weight excluding hydrogens is 260 g/mol. The molecule has 21 heavy (non-hydrogen) atoms. The van der Waals surface area contributed by atoms with E-state index in [1.165, 1.54) is 50.9 Å². The molecule has 0 saturated carbocycles. The van der Waals surface area contributed by atoms with Gasteiger partial charge in [0.15, 0.2) is 0 Å². The van der Waals surface area contributed by atoms with Gasteiger partial charge in [0.05, 0.1) is 0 Å². The van der Waals surface area contributed by atoms with Crippen LogP contribution in [0.4, 0.5) is 5.82 Å². The van der Waals surface area contributed by atoms with Crippen LogP contribution in [0.3, 0.4) is 0 Å². The predicted molar refractivity (Wildman–Crippen MR) is 87.5 cm³/mol. The van der Waals surface area contributed by atoms with Crippen molar-refractivity contribution in [3.05, 3.63) is 23.9 Å². The summed E-state index contributed by atoms with van der Waals surface area (Å²) in [7, 11) is 0. The van der Waals surface area contributed by atoms with Crippen molar-refractivity contribution in [3.63, 3.8) is 0 Å². The van der Waals surface area contributed by atoms with Gasteiger partial charge in [-0.15, -0.1) is 0 Å². The summed E-state index contributed by atoms with van der Waals surface area (Å²) in [6, 6.07) is 4.26. The summed E-state index contributed by atoms with van der Waals surface area (Å²) in [4.78, 5) is 9.60. The van der Waals surface area contributed by atoms with Gasteiger partial charge in [0.2, 0.25) is 0 Å². The van der Waals surface area contributed by atoms with E-state index in [1.54, 1.807) is 0 Å². The number of rotatable bonds is 4. The average molecular weight is 288 g/mol. The van der Waals surface area contributed by atoms with Crippen molar-refractivity contribution in [1.29, 1.82) is 0 Å². The highest BCUT2D eigenvalue weighted by molar-refractivity contribution is 5.42. The van der Waals surface area contributed by atoms with Gasteiger partial charge in [-0.1, -0.05) is 0 Å². The molecule has 1 aromatic heterocycles. The van der Waals surface area contributed by atoms with Crippen LogP contribution in [0.1, 0.15) is 44.2 Å². The summed E-state index contributed by atoms with van der Waals surface area (Å²) < 4.78 is 0. The van der Waals surface area contributed by atoms with Gasteiger partial charge < -0.3 is 15.5 Å². The van der Waals surface area contributed by atoms with E-state index in [4.69, 9.17) is 5.73 Å². The van der Waals surface area contributed by atoms with Crippen LogP contribution in [0.2, 0.25) is 0 Å². The van der Waals surface area contributed by atoms with E-state index in [0.29, 0.717) is 0 Å². The smallest absolute Gasteiger partial charge is 0.128 e. The third-order valence-corrected chi connectivity index (χ3v) is 4.95. The van der Waals surface area contributed by atoms with Gasteiger partial charge in [0, 0.05) is 31.9 Å². The third kappa shape index (κ3) is 3.74. The summed E-state index contributed by atoms with van der Waals surface area (Å²) in [6.07, 6.45) is 7.27. The van der Waals surface area contributed by atoms with E-state index in [2.05, 4.69) is 20.9 Å². The molecule has 0 spiro atoms. The SMILES string of the molecule is C[C@@H](N)c1ccnc(N2CCC(CN3CCCC3)CC2)c1. The second kappa shape index (κ2) is 6.75. The Bertz CT molecular complexity index is 446. The van der Waals surface area contributed by atoms with Crippen molar-refractivity contribution in [2.75, 3.05) is 37.6 Å². The van der Waals surface area contributed by atoms with Crippen LogP contribution in [-0.4, -0.2) is 42.6 Å². The van der Waals surface area contributed by atoms with Crippen molar-refractivity contribution < 1.29 is 0 Å². The van der Waals surface area contributed by atoms with E-state index >= 15 is 0 Å². The molecule has 2 saturated heterocycles. The van der Waals surface area contributed by atoms with Gasteiger partial charge in [-0.25, -0.2) is 4.98 Å². The molecule has 0 radical (unpaired) electrons.